The lowest BCUT2D eigenvalue weighted by Crippen LogP contribution is -2.11. The Balaban J connectivity index is 2.23. The molecule has 0 unspecified atom stereocenters. The van der Waals surface area contributed by atoms with Crippen LogP contribution in [0.4, 0.5) is 5.82 Å². The van der Waals surface area contributed by atoms with Gasteiger partial charge >= 0.3 is 0 Å². The molecule has 0 aliphatic rings. The first-order chi connectivity index (χ1) is 11.5. The number of aryl methyl sites for hydroxylation is 2. The van der Waals surface area contributed by atoms with Crippen molar-refractivity contribution in [3.63, 3.8) is 0 Å². The number of nitrogens with one attached hydrogen (secondary N) is 1. The van der Waals surface area contributed by atoms with Gasteiger partial charge in [0.15, 0.2) is 5.65 Å². The van der Waals surface area contributed by atoms with Crippen molar-refractivity contribution >= 4 is 28.5 Å². The van der Waals surface area contributed by atoms with Crippen molar-refractivity contribution in [3.05, 3.63) is 40.8 Å². The fraction of sp³-hybridized carbons (Fsp3) is 0.389. The number of para-hydroxylation sites is 1. The van der Waals surface area contributed by atoms with Gasteiger partial charge < -0.3 is 5.32 Å². The van der Waals surface area contributed by atoms with Crippen molar-refractivity contribution in [1.29, 1.82) is 0 Å². The zero-order valence-electron chi connectivity index (χ0n) is 14.5. The summed E-state index contributed by atoms with van der Waals surface area (Å²) in [6, 6.07) is 7.67. The monoisotopic (exact) mass is 343 g/mol. The quantitative estimate of drug-likeness (QED) is 0.745. The SMILES string of the molecule is CCc1nc(NCC(C)C)c2c(C)nn(-c3ccccc3Cl)c2n1. The van der Waals surface area contributed by atoms with Crippen molar-refractivity contribution in [2.45, 2.75) is 34.1 Å². The summed E-state index contributed by atoms with van der Waals surface area (Å²) in [6.07, 6.45) is 0.763. The molecule has 0 radical (unpaired) electrons. The summed E-state index contributed by atoms with van der Waals surface area (Å²) in [6.45, 7) is 9.23. The minimum absolute atomic E-state index is 0.527. The predicted octanol–water partition coefficient (Wildman–Crippen LogP) is 4.41. The summed E-state index contributed by atoms with van der Waals surface area (Å²) < 4.78 is 1.81. The highest BCUT2D eigenvalue weighted by Gasteiger charge is 2.18. The maximum absolute atomic E-state index is 6.36. The van der Waals surface area contributed by atoms with Crippen molar-refractivity contribution < 1.29 is 0 Å². The molecule has 1 aromatic carbocycles. The Hall–Kier alpha value is -2.14. The van der Waals surface area contributed by atoms with Crippen LogP contribution < -0.4 is 5.32 Å². The van der Waals surface area contributed by atoms with Gasteiger partial charge in [-0.25, -0.2) is 14.6 Å². The molecule has 0 saturated heterocycles. The third kappa shape index (κ3) is 3.08. The van der Waals surface area contributed by atoms with Crippen LogP contribution in [0.2, 0.25) is 5.02 Å². The number of hydrogen-bond donors (Lipinski definition) is 1. The molecule has 2 aromatic heterocycles. The van der Waals surface area contributed by atoms with E-state index in [0.29, 0.717) is 10.9 Å². The molecule has 0 aliphatic carbocycles. The van der Waals surface area contributed by atoms with Gasteiger partial charge in [0.1, 0.15) is 11.6 Å². The third-order valence-corrected chi connectivity index (χ3v) is 4.14. The van der Waals surface area contributed by atoms with Gasteiger partial charge in [-0.15, -0.1) is 0 Å². The second-order valence-corrected chi connectivity index (χ2v) is 6.67. The van der Waals surface area contributed by atoms with E-state index in [1.54, 1.807) is 0 Å². The van der Waals surface area contributed by atoms with Crippen LogP contribution in [-0.4, -0.2) is 26.3 Å². The highest BCUT2D eigenvalue weighted by atomic mass is 35.5. The summed E-state index contributed by atoms with van der Waals surface area (Å²) in [5.74, 6) is 2.17. The van der Waals surface area contributed by atoms with E-state index in [-0.39, 0.29) is 0 Å². The fourth-order valence-corrected chi connectivity index (χ4v) is 2.82. The number of nitrogens with zero attached hydrogens (tertiary/aromatic N) is 4. The van der Waals surface area contributed by atoms with Gasteiger partial charge in [0.2, 0.25) is 0 Å². The highest BCUT2D eigenvalue weighted by Crippen LogP contribution is 2.29. The molecule has 0 atom stereocenters. The van der Waals surface area contributed by atoms with Crippen LogP contribution in [0.25, 0.3) is 16.7 Å². The van der Waals surface area contributed by atoms with E-state index in [2.05, 4.69) is 36.2 Å². The van der Waals surface area contributed by atoms with Crippen LogP contribution in [0.1, 0.15) is 32.3 Å². The number of anilines is 1. The molecule has 0 saturated carbocycles. The van der Waals surface area contributed by atoms with Crippen molar-refractivity contribution in [1.82, 2.24) is 19.7 Å². The smallest absolute Gasteiger partial charge is 0.169 e. The van der Waals surface area contributed by atoms with Crippen LogP contribution in [0.3, 0.4) is 0 Å². The first kappa shape index (κ1) is 16.7. The van der Waals surface area contributed by atoms with Gasteiger partial charge in [0.05, 0.1) is 21.8 Å². The number of halogens is 1. The highest BCUT2D eigenvalue weighted by molar-refractivity contribution is 6.32. The van der Waals surface area contributed by atoms with E-state index in [0.717, 1.165) is 47.0 Å². The molecule has 5 nitrogen and oxygen atoms in total. The van der Waals surface area contributed by atoms with E-state index in [4.69, 9.17) is 16.6 Å². The molecule has 0 bridgehead atoms. The largest absolute Gasteiger partial charge is 0.369 e. The van der Waals surface area contributed by atoms with E-state index in [1.807, 2.05) is 35.9 Å². The Labute approximate surface area is 147 Å². The van der Waals surface area contributed by atoms with Gasteiger partial charge in [0.25, 0.3) is 0 Å². The van der Waals surface area contributed by atoms with Crippen molar-refractivity contribution in [3.8, 4) is 5.69 Å². The zero-order valence-corrected chi connectivity index (χ0v) is 15.2. The molecular weight excluding hydrogens is 322 g/mol. The molecule has 126 valence electrons. The van der Waals surface area contributed by atoms with Crippen LogP contribution >= 0.6 is 11.6 Å². The molecule has 0 fully saturated rings. The minimum atomic E-state index is 0.527. The van der Waals surface area contributed by atoms with Gasteiger partial charge in [-0.1, -0.05) is 44.5 Å². The maximum Gasteiger partial charge on any atom is 0.169 e. The van der Waals surface area contributed by atoms with E-state index >= 15 is 0 Å². The van der Waals surface area contributed by atoms with Gasteiger partial charge in [0, 0.05) is 13.0 Å². The number of hydrogen-bond acceptors (Lipinski definition) is 4. The lowest BCUT2D eigenvalue weighted by atomic mass is 10.2. The Kier molecular flexibility index (Phi) is 4.71. The summed E-state index contributed by atoms with van der Waals surface area (Å²) in [5, 5.41) is 9.72. The van der Waals surface area contributed by atoms with Crippen molar-refractivity contribution in [2.24, 2.45) is 5.92 Å². The molecule has 1 N–H and O–H groups in total. The first-order valence-electron chi connectivity index (χ1n) is 8.26. The standard InChI is InChI=1S/C18H22ClN5/c1-5-15-21-17(20-10-11(2)3)16-12(4)23-24(18(16)22-15)14-9-7-6-8-13(14)19/h6-9,11H,5,10H2,1-4H3,(H,20,21,22). The predicted molar refractivity (Wildman–Crippen MR) is 99.1 cm³/mol. The number of fused-ring (bicyclic) bond motifs is 1. The maximum atomic E-state index is 6.36. The molecule has 2 heterocycles. The Morgan fingerprint density at radius 1 is 1.21 bits per heavy atom. The second-order valence-electron chi connectivity index (χ2n) is 6.26. The van der Waals surface area contributed by atoms with Gasteiger partial charge in [-0.3, -0.25) is 0 Å². The Morgan fingerprint density at radius 2 is 1.96 bits per heavy atom. The Bertz CT molecular complexity index is 869. The summed E-state index contributed by atoms with van der Waals surface area (Å²) in [4.78, 5) is 9.38. The molecule has 3 rings (SSSR count). The average molecular weight is 344 g/mol. The van der Waals surface area contributed by atoms with Crippen LogP contribution in [0.5, 0.6) is 0 Å². The summed E-state index contributed by atoms with van der Waals surface area (Å²) in [7, 11) is 0. The topological polar surface area (TPSA) is 55.6 Å². The van der Waals surface area contributed by atoms with Gasteiger partial charge in [-0.2, -0.15) is 5.10 Å². The summed E-state index contributed by atoms with van der Waals surface area (Å²) >= 11 is 6.36. The molecular formula is C18H22ClN5. The fourth-order valence-electron chi connectivity index (χ4n) is 2.61. The number of aromatic nitrogens is 4. The molecule has 24 heavy (non-hydrogen) atoms. The third-order valence-electron chi connectivity index (χ3n) is 3.82. The number of benzene rings is 1. The first-order valence-corrected chi connectivity index (χ1v) is 8.64. The lowest BCUT2D eigenvalue weighted by molar-refractivity contribution is 0.687. The molecule has 0 spiro atoms. The normalized spacial score (nSPS) is 11.4. The molecule has 0 aliphatic heterocycles. The van der Waals surface area contributed by atoms with E-state index < -0.39 is 0 Å². The molecule has 3 aromatic rings. The van der Waals surface area contributed by atoms with E-state index in [9.17, 15) is 0 Å². The number of rotatable bonds is 5. The zero-order chi connectivity index (χ0) is 17.3. The van der Waals surface area contributed by atoms with Gasteiger partial charge in [-0.05, 0) is 25.0 Å². The Morgan fingerprint density at radius 3 is 2.62 bits per heavy atom. The van der Waals surface area contributed by atoms with Crippen molar-refractivity contribution in [2.75, 3.05) is 11.9 Å². The van der Waals surface area contributed by atoms with Crippen LogP contribution in [-0.2, 0) is 6.42 Å². The second kappa shape index (κ2) is 6.77. The molecule has 0 amide bonds. The van der Waals surface area contributed by atoms with Crippen LogP contribution in [0, 0.1) is 12.8 Å². The average Bonchev–Trinajstić information content (AvgIpc) is 2.89. The molecule has 6 heteroatoms. The van der Waals surface area contributed by atoms with Crippen LogP contribution in [0.15, 0.2) is 24.3 Å². The minimum Gasteiger partial charge on any atom is -0.369 e. The van der Waals surface area contributed by atoms with E-state index in [1.165, 1.54) is 0 Å². The summed E-state index contributed by atoms with van der Waals surface area (Å²) in [5.41, 5.74) is 2.50. The lowest BCUT2D eigenvalue weighted by Gasteiger charge is -2.11.